The summed E-state index contributed by atoms with van der Waals surface area (Å²) in [6.07, 6.45) is 1.69. The Hall–Kier alpha value is -4.58. The highest BCUT2D eigenvalue weighted by molar-refractivity contribution is 7.07. The predicted molar refractivity (Wildman–Crippen MR) is 151 cm³/mol. The quantitative estimate of drug-likeness (QED) is 0.277. The molecule has 0 saturated heterocycles. The highest BCUT2D eigenvalue weighted by atomic mass is 32.1. The summed E-state index contributed by atoms with van der Waals surface area (Å²) >= 11 is 1.17. The van der Waals surface area contributed by atoms with E-state index in [1.54, 1.807) is 50.3 Å². The first-order valence-electron chi connectivity index (χ1n) is 12.5. The summed E-state index contributed by atoms with van der Waals surface area (Å²) in [6, 6.07) is 7.42. The van der Waals surface area contributed by atoms with E-state index in [0.717, 1.165) is 0 Å². The number of benzene rings is 2. The van der Waals surface area contributed by atoms with Gasteiger partial charge >= 0.3 is 11.9 Å². The molecule has 1 aromatic heterocycles. The van der Waals surface area contributed by atoms with Gasteiger partial charge in [0.05, 0.1) is 56.9 Å². The zero-order valence-corrected chi connectivity index (χ0v) is 24.5. The Labute approximate surface area is 239 Å². The van der Waals surface area contributed by atoms with Crippen molar-refractivity contribution < 1.29 is 38.0 Å². The topological polar surface area (TPSA) is 124 Å². The number of rotatable bonds is 9. The molecule has 0 aliphatic carbocycles. The van der Waals surface area contributed by atoms with Gasteiger partial charge < -0.3 is 28.4 Å². The molecule has 0 saturated carbocycles. The maximum Gasteiger partial charge on any atom is 0.338 e. The molecule has 2 heterocycles. The number of fused-ring (bicyclic) bond motifs is 1. The molecule has 3 aromatic rings. The van der Waals surface area contributed by atoms with Crippen LogP contribution in [0.4, 0.5) is 0 Å². The van der Waals surface area contributed by atoms with E-state index in [1.807, 2.05) is 0 Å². The van der Waals surface area contributed by atoms with Crippen molar-refractivity contribution in [1.29, 1.82) is 0 Å². The first-order valence-corrected chi connectivity index (χ1v) is 13.3. The van der Waals surface area contributed by atoms with Crippen LogP contribution in [0.15, 0.2) is 51.4 Å². The highest BCUT2D eigenvalue weighted by Crippen LogP contribution is 2.39. The molecule has 1 aliphatic heterocycles. The molecule has 4 rings (SSSR count). The average Bonchev–Trinajstić information content (AvgIpc) is 3.25. The van der Waals surface area contributed by atoms with Crippen molar-refractivity contribution in [2.24, 2.45) is 4.99 Å². The van der Waals surface area contributed by atoms with Crippen LogP contribution in [-0.2, 0) is 14.3 Å². The number of ether oxygens (including phenoxy) is 6. The Morgan fingerprint density at radius 1 is 0.976 bits per heavy atom. The Balaban J connectivity index is 1.96. The number of methoxy groups -OCH3 is 4. The maximum absolute atomic E-state index is 14.0. The lowest BCUT2D eigenvalue weighted by atomic mass is 9.95. The number of esters is 2. The van der Waals surface area contributed by atoms with E-state index in [4.69, 9.17) is 28.4 Å². The minimum Gasteiger partial charge on any atom is -0.493 e. The van der Waals surface area contributed by atoms with Crippen molar-refractivity contribution in [3.63, 3.8) is 0 Å². The van der Waals surface area contributed by atoms with E-state index < -0.39 is 18.0 Å². The van der Waals surface area contributed by atoms with Gasteiger partial charge in [-0.05, 0) is 55.3 Å². The molecule has 0 N–H and O–H groups in total. The van der Waals surface area contributed by atoms with Crippen molar-refractivity contribution in [1.82, 2.24) is 4.57 Å². The SMILES string of the molecule is CCOC(=O)C1=C(C)N=c2sc(=Cc3cc(OC)c(OC)c(OC)c3)c(=O)n2C1c1ccc(OC(C)=O)c(OC)c1. The molecule has 0 fully saturated rings. The van der Waals surface area contributed by atoms with Crippen molar-refractivity contribution in [2.45, 2.75) is 26.8 Å². The Kier molecular flexibility index (Phi) is 8.82. The number of hydrogen-bond donors (Lipinski definition) is 0. The minimum absolute atomic E-state index is 0.141. The lowest BCUT2D eigenvalue weighted by molar-refractivity contribution is -0.139. The molecule has 1 unspecified atom stereocenters. The van der Waals surface area contributed by atoms with Crippen molar-refractivity contribution in [3.05, 3.63) is 72.4 Å². The normalized spacial score (nSPS) is 14.6. The number of carbonyl (C=O) groups excluding carboxylic acids is 2. The van der Waals surface area contributed by atoms with E-state index in [-0.39, 0.29) is 29.2 Å². The number of thiazole rings is 1. The van der Waals surface area contributed by atoms with Crippen LogP contribution in [0.2, 0.25) is 0 Å². The molecule has 0 bridgehead atoms. The molecular formula is C29H30N2O9S. The number of carbonyl (C=O) groups is 2. The van der Waals surface area contributed by atoms with Gasteiger partial charge in [0, 0.05) is 6.92 Å². The molecule has 216 valence electrons. The smallest absolute Gasteiger partial charge is 0.338 e. The largest absolute Gasteiger partial charge is 0.493 e. The molecule has 2 aromatic carbocycles. The highest BCUT2D eigenvalue weighted by Gasteiger charge is 2.34. The van der Waals surface area contributed by atoms with Crippen molar-refractivity contribution in [3.8, 4) is 28.7 Å². The van der Waals surface area contributed by atoms with Crippen LogP contribution in [0.5, 0.6) is 28.7 Å². The third kappa shape index (κ3) is 5.68. The molecule has 0 spiro atoms. The minimum atomic E-state index is -0.882. The van der Waals surface area contributed by atoms with Crippen molar-refractivity contribution in [2.75, 3.05) is 35.0 Å². The van der Waals surface area contributed by atoms with Crippen LogP contribution in [0.1, 0.15) is 37.9 Å². The monoisotopic (exact) mass is 582 g/mol. The average molecular weight is 583 g/mol. The number of nitrogens with zero attached hydrogens (tertiary/aromatic N) is 2. The first kappa shape index (κ1) is 29.4. The lowest BCUT2D eigenvalue weighted by Gasteiger charge is -2.25. The standard InChI is InChI=1S/C29H30N2O9S/c1-8-39-28(34)24-15(2)30-29-31(25(24)18-9-10-19(40-16(3)32)20(14-18)35-4)27(33)23(41-29)13-17-11-21(36-5)26(38-7)22(12-17)37-6/h9-14,25H,8H2,1-7H3. The molecule has 12 heteroatoms. The number of allylic oxidation sites excluding steroid dienone is 1. The van der Waals surface area contributed by atoms with E-state index in [1.165, 1.54) is 51.3 Å². The molecule has 11 nitrogen and oxygen atoms in total. The molecule has 1 aliphatic rings. The zero-order valence-electron chi connectivity index (χ0n) is 23.7. The van der Waals surface area contributed by atoms with Crippen LogP contribution >= 0.6 is 11.3 Å². The summed E-state index contributed by atoms with van der Waals surface area (Å²) < 4.78 is 34.2. The summed E-state index contributed by atoms with van der Waals surface area (Å²) in [5.74, 6) is 0.648. The van der Waals surface area contributed by atoms with E-state index in [9.17, 15) is 14.4 Å². The second-order valence-electron chi connectivity index (χ2n) is 8.76. The summed E-state index contributed by atoms with van der Waals surface area (Å²) in [7, 11) is 5.96. The first-order chi connectivity index (χ1) is 19.7. The fraction of sp³-hybridized carbons (Fsp3) is 0.310. The number of hydrogen-bond acceptors (Lipinski definition) is 11. The van der Waals surface area contributed by atoms with Gasteiger partial charge in [-0.1, -0.05) is 17.4 Å². The predicted octanol–water partition coefficient (Wildman–Crippen LogP) is 2.76. The second-order valence-corrected chi connectivity index (χ2v) is 9.77. The molecular weight excluding hydrogens is 552 g/mol. The van der Waals surface area contributed by atoms with Gasteiger partial charge in [0.2, 0.25) is 5.75 Å². The van der Waals surface area contributed by atoms with Gasteiger partial charge in [0.15, 0.2) is 27.8 Å². The molecule has 0 radical (unpaired) electrons. The second kappa shape index (κ2) is 12.3. The maximum atomic E-state index is 14.0. The Morgan fingerprint density at radius 2 is 1.63 bits per heavy atom. The third-order valence-electron chi connectivity index (χ3n) is 6.26. The van der Waals surface area contributed by atoms with Crippen LogP contribution in [-0.4, -0.2) is 51.6 Å². The van der Waals surface area contributed by atoms with Crippen LogP contribution in [0.25, 0.3) is 6.08 Å². The zero-order chi connectivity index (χ0) is 29.8. The summed E-state index contributed by atoms with van der Waals surface area (Å²) in [6.45, 7) is 4.82. The summed E-state index contributed by atoms with van der Waals surface area (Å²) in [5, 5.41) is 0. The molecule has 41 heavy (non-hydrogen) atoms. The van der Waals surface area contributed by atoms with Gasteiger partial charge in [-0.3, -0.25) is 14.2 Å². The van der Waals surface area contributed by atoms with Gasteiger partial charge in [-0.15, -0.1) is 0 Å². The third-order valence-corrected chi connectivity index (χ3v) is 7.24. The number of aromatic nitrogens is 1. The van der Waals surface area contributed by atoms with Crippen molar-refractivity contribution >= 4 is 29.4 Å². The van der Waals surface area contributed by atoms with Crippen LogP contribution in [0.3, 0.4) is 0 Å². The lowest BCUT2D eigenvalue weighted by Crippen LogP contribution is -2.40. The summed E-state index contributed by atoms with van der Waals surface area (Å²) in [5.41, 5.74) is 1.42. The van der Waals surface area contributed by atoms with Crippen LogP contribution in [0, 0.1) is 0 Å². The fourth-order valence-corrected chi connectivity index (χ4v) is 5.58. The van der Waals surface area contributed by atoms with Gasteiger partial charge in [0.1, 0.15) is 0 Å². The van der Waals surface area contributed by atoms with E-state index >= 15 is 0 Å². The fourth-order valence-electron chi connectivity index (χ4n) is 4.54. The van der Waals surface area contributed by atoms with E-state index in [2.05, 4.69) is 4.99 Å². The van der Waals surface area contributed by atoms with E-state index in [0.29, 0.717) is 43.4 Å². The Morgan fingerprint density at radius 3 is 2.20 bits per heavy atom. The molecule has 0 amide bonds. The molecule has 1 atom stereocenters. The Bertz CT molecular complexity index is 1690. The van der Waals surface area contributed by atoms with Gasteiger partial charge in [-0.25, -0.2) is 9.79 Å². The summed E-state index contributed by atoms with van der Waals surface area (Å²) in [4.78, 5) is 43.7. The van der Waals surface area contributed by atoms with Crippen LogP contribution < -0.4 is 38.6 Å². The van der Waals surface area contributed by atoms with Gasteiger partial charge in [-0.2, -0.15) is 0 Å². The van der Waals surface area contributed by atoms with Gasteiger partial charge in [0.25, 0.3) is 5.56 Å².